The average molecular weight is 368 g/mol. The van der Waals surface area contributed by atoms with Gasteiger partial charge in [-0.2, -0.15) is 4.72 Å². The predicted octanol–water partition coefficient (Wildman–Crippen LogP) is 2.37. The van der Waals surface area contributed by atoms with Crippen LogP contribution in [0.3, 0.4) is 0 Å². The van der Waals surface area contributed by atoms with Crippen molar-refractivity contribution in [2.24, 2.45) is 5.41 Å². The molecule has 1 aromatic carbocycles. The lowest BCUT2D eigenvalue weighted by molar-refractivity contribution is -0.141. The van der Waals surface area contributed by atoms with Gasteiger partial charge in [0, 0.05) is 0 Å². The number of hydrogen-bond donors (Lipinski definition) is 2. The van der Waals surface area contributed by atoms with Gasteiger partial charge in [-0.05, 0) is 39.5 Å². The molecule has 0 radical (unpaired) electrons. The van der Waals surface area contributed by atoms with E-state index in [-0.39, 0.29) is 9.37 Å². The summed E-state index contributed by atoms with van der Waals surface area (Å²) < 4.78 is 39.8. The molecule has 0 aliphatic rings. The van der Waals surface area contributed by atoms with Gasteiger partial charge in [-0.25, -0.2) is 12.8 Å². The molecule has 1 aromatic rings. The van der Waals surface area contributed by atoms with E-state index in [1.54, 1.807) is 20.8 Å². The Balaban J connectivity index is 3.16. The summed E-state index contributed by atoms with van der Waals surface area (Å²) in [6.45, 7) is 4.78. The summed E-state index contributed by atoms with van der Waals surface area (Å²) in [6, 6.07) is 1.95. The van der Waals surface area contributed by atoms with Crippen LogP contribution in [0.5, 0.6) is 0 Å². The van der Waals surface area contributed by atoms with Crippen molar-refractivity contribution in [3.8, 4) is 0 Å². The van der Waals surface area contributed by atoms with Gasteiger partial charge in [0.15, 0.2) is 0 Å². The Bertz CT molecular complexity index is 625. The molecule has 1 rings (SSSR count). The van der Waals surface area contributed by atoms with Crippen LogP contribution in [-0.4, -0.2) is 25.5 Å². The van der Waals surface area contributed by atoms with Crippen LogP contribution in [0, 0.1) is 11.2 Å². The fourth-order valence-corrected chi connectivity index (χ4v) is 3.12. The highest BCUT2D eigenvalue weighted by Gasteiger charge is 2.35. The quantitative estimate of drug-likeness (QED) is 0.855. The third kappa shape index (κ3) is 4.00. The molecule has 0 heterocycles. The van der Waals surface area contributed by atoms with Crippen LogP contribution < -0.4 is 4.72 Å². The van der Waals surface area contributed by atoms with Gasteiger partial charge >= 0.3 is 5.97 Å². The Labute approximate surface area is 125 Å². The first kappa shape index (κ1) is 17.1. The number of carboxylic acid groups (broad SMARTS) is 1. The summed E-state index contributed by atoms with van der Waals surface area (Å²) in [5.74, 6) is -2.03. The molecule has 0 amide bonds. The van der Waals surface area contributed by atoms with Gasteiger partial charge in [-0.15, -0.1) is 0 Å². The number of hydrogen-bond acceptors (Lipinski definition) is 3. The summed E-state index contributed by atoms with van der Waals surface area (Å²) in [5, 5.41) is 9.11. The normalized spacial score (nSPS) is 14.1. The number of halogens is 2. The smallest absolute Gasteiger partial charge is 0.322 e. The maximum atomic E-state index is 13.4. The summed E-state index contributed by atoms with van der Waals surface area (Å²) >= 11 is 2.92. The van der Waals surface area contributed by atoms with Gasteiger partial charge in [0.25, 0.3) is 0 Å². The minimum absolute atomic E-state index is 0.127. The maximum absolute atomic E-state index is 13.4. The molecule has 0 saturated heterocycles. The van der Waals surface area contributed by atoms with Crippen molar-refractivity contribution in [1.29, 1.82) is 0 Å². The fraction of sp³-hybridized carbons (Fsp3) is 0.417. The second kappa shape index (κ2) is 5.79. The zero-order valence-corrected chi connectivity index (χ0v) is 13.5. The minimum atomic E-state index is -4.12. The highest BCUT2D eigenvalue weighted by atomic mass is 79.9. The van der Waals surface area contributed by atoms with Crippen LogP contribution in [0.1, 0.15) is 20.8 Å². The molecule has 2 N–H and O–H groups in total. The molecule has 0 aliphatic carbocycles. The Kier molecular flexibility index (Phi) is 4.94. The zero-order valence-electron chi connectivity index (χ0n) is 11.1. The predicted molar refractivity (Wildman–Crippen MR) is 75.3 cm³/mol. The average Bonchev–Trinajstić information content (AvgIpc) is 2.27. The first-order chi connectivity index (χ1) is 8.95. The fourth-order valence-electron chi connectivity index (χ4n) is 1.46. The third-order valence-corrected chi connectivity index (χ3v) is 4.65. The zero-order chi connectivity index (χ0) is 15.7. The van der Waals surface area contributed by atoms with E-state index in [4.69, 9.17) is 5.11 Å². The molecule has 8 heteroatoms. The van der Waals surface area contributed by atoms with E-state index >= 15 is 0 Å². The van der Waals surface area contributed by atoms with E-state index in [1.165, 1.54) is 12.1 Å². The lowest BCUT2D eigenvalue weighted by atomic mass is 9.88. The van der Waals surface area contributed by atoms with Crippen molar-refractivity contribution in [1.82, 2.24) is 4.72 Å². The molecule has 0 aliphatic heterocycles. The number of benzene rings is 1. The number of sulfonamides is 1. The van der Waals surface area contributed by atoms with Crippen molar-refractivity contribution < 1.29 is 22.7 Å². The molecule has 0 fully saturated rings. The first-order valence-corrected chi connectivity index (χ1v) is 7.93. The molecule has 5 nitrogen and oxygen atoms in total. The first-order valence-electron chi connectivity index (χ1n) is 5.65. The Morgan fingerprint density at radius 3 is 2.35 bits per heavy atom. The largest absolute Gasteiger partial charge is 0.480 e. The number of rotatable bonds is 4. The summed E-state index contributed by atoms with van der Waals surface area (Å²) in [4.78, 5) is 10.8. The van der Waals surface area contributed by atoms with Gasteiger partial charge in [0.05, 0.1) is 9.37 Å². The third-order valence-electron chi connectivity index (χ3n) is 2.59. The highest BCUT2D eigenvalue weighted by Crippen LogP contribution is 2.23. The Morgan fingerprint density at radius 1 is 1.40 bits per heavy atom. The number of carbonyl (C=O) groups is 1. The minimum Gasteiger partial charge on any atom is -0.480 e. The Hall–Kier alpha value is -0.990. The van der Waals surface area contributed by atoms with Gasteiger partial charge in [-0.1, -0.05) is 20.8 Å². The van der Waals surface area contributed by atoms with Gasteiger partial charge in [0.2, 0.25) is 10.0 Å². The van der Waals surface area contributed by atoms with Gasteiger partial charge in [0.1, 0.15) is 11.9 Å². The van der Waals surface area contributed by atoms with Crippen LogP contribution >= 0.6 is 15.9 Å². The molecule has 112 valence electrons. The summed E-state index contributed by atoms with van der Waals surface area (Å²) in [6.07, 6.45) is 0. The molecule has 0 unspecified atom stereocenters. The lowest BCUT2D eigenvalue weighted by Crippen LogP contribution is -2.48. The molecule has 0 spiro atoms. The molecule has 1 atom stereocenters. The molecule has 20 heavy (non-hydrogen) atoms. The second-order valence-corrected chi connectivity index (χ2v) is 7.90. The molecule has 0 aromatic heterocycles. The topological polar surface area (TPSA) is 83.5 Å². The van der Waals surface area contributed by atoms with E-state index in [0.717, 1.165) is 6.07 Å². The van der Waals surface area contributed by atoms with Crippen molar-refractivity contribution in [3.63, 3.8) is 0 Å². The van der Waals surface area contributed by atoms with E-state index in [1.807, 2.05) is 0 Å². The van der Waals surface area contributed by atoms with Crippen LogP contribution in [-0.2, 0) is 14.8 Å². The lowest BCUT2D eigenvalue weighted by Gasteiger charge is -2.27. The van der Waals surface area contributed by atoms with Crippen LogP contribution in [0.2, 0.25) is 0 Å². The second-order valence-electron chi connectivity index (χ2n) is 5.33. The maximum Gasteiger partial charge on any atom is 0.322 e. The molecular formula is C12H15BrFNO4S. The molecule has 0 bridgehead atoms. The number of nitrogens with one attached hydrogen (secondary N) is 1. The van der Waals surface area contributed by atoms with Crippen molar-refractivity contribution in [2.75, 3.05) is 0 Å². The Morgan fingerprint density at radius 2 is 1.95 bits per heavy atom. The van der Waals surface area contributed by atoms with Crippen LogP contribution in [0.25, 0.3) is 0 Å². The summed E-state index contributed by atoms with van der Waals surface area (Å²) in [7, 11) is -4.12. The SMILES string of the molecule is CC(C)(C)[C@@H](NS(=O)(=O)c1ccc(Br)c(F)c1)C(=O)O. The number of carboxylic acids is 1. The van der Waals surface area contributed by atoms with Crippen molar-refractivity contribution in [3.05, 3.63) is 28.5 Å². The van der Waals surface area contributed by atoms with Crippen LogP contribution in [0.15, 0.2) is 27.6 Å². The number of aliphatic carboxylic acids is 1. The van der Waals surface area contributed by atoms with Crippen molar-refractivity contribution >= 4 is 31.9 Å². The van der Waals surface area contributed by atoms with E-state index in [2.05, 4.69) is 20.7 Å². The standard InChI is InChI=1S/C12H15BrFNO4S/c1-12(2,3)10(11(16)17)15-20(18,19)7-4-5-8(13)9(14)6-7/h4-6,10,15H,1-3H3,(H,16,17)/t10-/m0/s1. The van der Waals surface area contributed by atoms with E-state index in [9.17, 15) is 17.6 Å². The van der Waals surface area contributed by atoms with Gasteiger partial charge < -0.3 is 5.11 Å². The molecule has 0 saturated carbocycles. The van der Waals surface area contributed by atoms with E-state index < -0.39 is 33.3 Å². The monoisotopic (exact) mass is 367 g/mol. The van der Waals surface area contributed by atoms with E-state index in [0.29, 0.717) is 0 Å². The van der Waals surface area contributed by atoms with Crippen LogP contribution in [0.4, 0.5) is 4.39 Å². The highest BCUT2D eigenvalue weighted by molar-refractivity contribution is 9.10. The molecular weight excluding hydrogens is 353 g/mol. The van der Waals surface area contributed by atoms with Gasteiger partial charge in [-0.3, -0.25) is 4.79 Å². The van der Waals surface area contributed by atoms with Crippen molar-refractivity contribution in [2.45, 2.75) is 31.7 Å². The summed E-state index contributed by atoms with van der Waals surface area (Å²) in [5.41, 5.74) is -0.827.